The molecule has 0 heterocycles. The number of aliphatic hydroxyl groups is 4. The van der Waals surface area contributed by atoms with Gasteiger partial charge in [-0.1, -0.05) is 148 Å². The van der Waals surface area contributed by atoms with Gasteiger partial charge in [-0.05, 0) is 31.6 Å². The lowest BCUT2D eigenvalue weighted by Crippen LogP contribution is -2.28. The van der Waals surface area contributed by atoms with Crippen molar-refractivity contribution in [3.8, 4) is 0 Å². The highest BCUT2D eigenvalue weighted by Gasteiger charge is 2.39. The molecule has 1 aliphatic rings. The van der Waals surface area contributed by atoms with Crippen LogP contribution in [0.1, 0.15) is 181 Å². The number of aliphatic hydroxyl groups excluding tert-OH is 4. The SMILES string of the molecule is CCCCCCCCCCCCCCCCC(=O)OC[C@H](CO)OC(=O)CCCCCC[C@@H]1[C@@H](/C=C/[C@@H](O)CCCCC)[C@H](O)C[C@@H]1O. The molecule has 0 aliphatic heterocycles. The van der Waals surface area contributed by atoms with Crippen molar-refractivity contribution in [2.45, 2.75) is 205 Å². The minimum absolute atomic E-state index is 0.0357. The molecule has 282 valence electrons. The highest BCUT2D eigenvalue weighted by Crippen LogP contribution is 2.37. The molecule has 1 fully saturated rings. The number of rotatable bonds is 32. The number of esters is 2. The van der Waals surface area contributed by atoms with Crippen molar-refractivity contribution in [3.05, 3.63) is 12.2 Å². The van der Waals surface area contributed by atoms with Crippen molar-refractivity contribution in [2.75, 3.05) is 13.2 Å². The van der Waals surface area contributed by atoms with Crippen LogP contribution in [0.4, 0.5) is 0 Å². The lowest BCUT2D eigenvalue weighted by molar-refractivity contribution is -0.161. The molecule has 1 saturated carbocycles. The summed E-state index contributed by atoms with van der Waals surface area (Å²) in [6.07, 6.45) is 27.6. The van der Waals surface area contributed by atoms with Crippen LogP contribution in [-0.2, 0) is 19.1 Å². The Morgan fingerprint density at radius 1 is 0.688 bits per heavy atom. The summed E-state index contributed by atoms with van der Waals surface area (Å²) in [4.78, 5) is 24.4. The first kappa shape index (κ1) is 44.5. The fraction of sp³-hybridized carbons (Fsp3) is 0.900. The van der Waals surface area contributed by atoms with Gasteiger partial charge in [0.2, 0.25) is 0 Å². The van der Waals surface area contributed by atoms with E-state index >= 15 is 0 Å². The van der Waals surface area contributed by atoms with Crippen LogP contribution in [0, 0.1) is 11.8 Å². The fourth-order valence-electron chi connectivity index (χ4n) is 6.83. The first-order valence-electron chi connectivity index (χ1n) is 20.0. The van der Waals surface area contributed by atoms with Crippen LogP contribution in [0.25, 0.3) is 0 Å². The van der Waals surface area contributed by atoms with Gasteiger partial charge in [-0.3, -0.25) is 9.59 Å². The average Bonchev–Trinajstić information content (AvgIpc) is 3.34. The summed E-state index contributed by atoms with van der Waals surface area (Å²) < 4.78 is 10.6. The van der Waals surface area contributed by atoms with E-state index < -0.39 is 37.0 Å². The minimum Gasteiger partial charge on any atom is -0.462 e. The summed E-state index contributed by atoms with van der Waals surface area (Å²) in [6, 6.07) is 0. The number of hydrogen-bond acceptors (Lipinski definition) is 8. The van der Waals surface area contributed by atoms with Gasteiger partial charge in [0.05, 0.1) is 24.9 Å². The molecule has 8 heteroatoms. The van der Waals surface area contributed by atoms with E-state index in [4.69, 9.17) is 9.47 Å². The third-order valence-corrected chi connectivity index (χ3v) is 9.91. The third kappa shape index (κ3) is 23.0. The molecule has 0 amide bonds. The van der Waals surface area contributed by atoms with Crippen molar-refractivity contribution < 1.29 is 39.5 Å². The molecule has 1 rings (SSSR count). The van der Waals surface area contributed by atoms with Gasteiger partial charge in [0, 0.05) is 25.2 Å². The number of unbranched alkanes of at least 4 members (excludes halogenated alkanes) is 18. The van der Waals surface area contributed by atoms with Crippen LogP contribution in [0.5, 0.6) is 0 Å². The Bertz CT molecular complexity index is 802. The van der Waals surface area contributed by atoms with Crippen LogP contribution >= 0.6 is 0 Å². The van der Waals surface area contributed by atoms with Gasteiger partial charge in [0.15, 0.2) is 6.10 Å². The third-order valence-electron chi connectivity index (χ3n) is 9.91. The van der Waals surface area contributed by atoms with Crippen LogP contribution < -0.4 is 0 Å². The highest BCUT2D eigenvalue weighted by atomic mass is 16.6. The van der Waals surface area contributed by atoms with E-state index in [2.05, 4.69) is 13.8 Å². The molecule has 1 aliphatic carbocycles. The molecule has 4 N–H and O–H groups in total. The second kappa shape index (κ2) is 30.4. The monoisotopic (exact) mass is 683 g/mol. The molecule has 0 unspecified atom stereocenters. The Morgan fingerprint density at radius 2 is 1.19 bits per heavy atom. The summed E-state index contributed by atoms with van der Waals surface area (Å²) in [5.74, 6) is -0.913. The second-order valence-corrected chi connectivity index (χ2v) is 14.3. The maximum atomic E-state index is 12.3. The van der Waals surface area contributed by atoms with E-state index in [1.165, 1.54) is 70.6 Å². The van der Waals surface area contributed by atoms with Crippen LogP contribution in [0.2, 0.25) is 0 Å². The molecule has 0 saturated heterocycles. The molecule has 8 nitrogen and oxygen atoms in total. The van der Waals surface area contributed by atoms with Gasteiger partial charge in [0.1, 0.15) is 6.61 Å². The predicted octanol–water partition coefficient (Wildman–Crippen LogP) is 8.50. The van der Waals surface area contributed by atoms with Gasteiger partial charge in [-0.15, -0.1) is 0 Å². The lowest BCUT2D eigenvalue weighted by atomic mass is 9.88. The zero-order valence-electron chi connectivity index (χ0n) is 30.8. The van der Waals surface area contributed by atoms with Crippen molar-refractivity contribution in [1.82, 2.24) is 0 Å². The predicted molar refractivity (Wildman–Crippen MR) is 193 cm³/mol. The van der Waals surface area contributed by atoms with Crippen molar-refractivity contribution in [3.63, 3.8) is 0 Å². The molecule has 0 bridgehead atoms. The Balaban J connectivity index is 2.08. The van der Waals surface area contributed by atoms with Crippen LogP contribution in [0.15, 0.2) is 12.2 Å². The van der Waals surface area contributed by atoms with E-state index in [0.29, 0.717) is 25.7 Å². The minimum atomic E-state index is -0.844. The summed E-state index contributed by atoms with van der Waals surface area (Å²) >= 11 is 0. The molecule has 0 spiro atoms. The second-order valence-electron chi connectivity index (χ2n) is 14.3. The first-order valence-corrected chi connectivity index (χ1v) is 20.0. The molecule has 0 aromatic rings. The Kier molecular flexibility index (Phi) is 28.2. The molecule has 48 heavy (non-hydrogen) atoms. The summed E-state index contributed by atoms with van der Waals surface area (Å²) in [6.45, 7) is 3.87. The quantitative estimate of drug-likeness (QED) is 0.0315. The number of carbonyl (C=O) groups is 2. The van der Waals surface area contributed by atoms with Gasteiger partial charge < -0.3 is 29.9 Å². The maximum Gasteiger partial charge on any atom is 0.306 e. The topological polar surface area (TPSA) is 134 Å². The highest BCUT2D eigenvalue weighted by molar-refractivity contribution is 5.70. The van der Waals surface area contributed by atoms with Gasteiger partial charge in [0.25, 0.3) is 0 Å². The van der Waals surface area contributed by atoms with Crippen molar-refractivity contribution in [1.29, 1.82) is 0 Å². The summed E-state index contributed by atoms with van der Waals surface area (Å²) in [5, 5.41) is 40.7. The Morgan fingerprint density at radius 3 is 1.75 bits per heavy atom. The normalized spacial score (nSPS) is 20.7. The maximum absolute atomic E-state index is 12.3. The number of carbonyl (C=O) groups excluding carboxylic acids is 2. The van der Waals surface area contributed by atoms with E-state index in [1.807, 2.05) is 6.08 Å². The average molecular weight is 683 g/mol. The summed E-state index contributed by atoms with van der Waals surface area (Å²) in [5.41, 5.74) is 0. The number of hydrogen-bond donors (Lipinski definition) is 4. The molecular formula is C40H74O8. The molecule has 0 aromatic heterocycles. The van der Waals surface area contributed by atoms with Crippen molar-refractivity contribution >= 4 is 11.9 Å². The first-order chi connectivity index (χ1) is 23.3. The van der Waals surface area contributed by atoms with E-state index in [9.17, 15) is 30.0 Å². The standard InChI is InChI=1S/C40H74O8/c1-3-5-7-8-9-10-11-12-13-14-15-16-17-22-26-39(45)47-32-34(31-41)48-40(46)27-23-19-18-21-25-35-36(38(44)30-37(35)43)29-28-33(42)24-20-6-4-2/h28-29,33-38,41-44H,3-27,30-32H2,1-2H3/b29-28+/t33-,34-,35+,36+,37-,38+/m0/s1. The van der Waals surface area contributed by atoms with Crippen LogP contribution in [0.3, 0.4) is 0 Å². The zero-order valence-corrected chi connectivity index (χ0v) is 30.8. The zero-order chi connectivity index (χ0) is 35.2. The van der Waals surface area contributed by atoms with E-state index in [1.54, 1.807) is 6.08 Å². The van der Waals surface area contributed by atoms with Gasteiger partial charge in [-0.2, -0.15) is 0 Å². The van der Waals surface area contributed by atoms with E-state index in [0.717, 1.165) is 64.2 Å². The fourth-order valence-corrected chi connectivity index (χ4v) is 6.83. The summed E-state index contributed by atoms with van der Waals surface area (Å²) in [7, 11) is 0. The lowest BCUT2D eigenvalue weighted by Gasteiger charge is -2.21. The largest absolute Gasteiger partial charge is 0.462 e. The van der Waals surface area contributed by atoms with E-state index in [-0.39, 0.29) is 30.8 Å². The number of ether oxygens (including phenoxy) is 2. The van der Waals surface area contributed by atoms with Crippen LogP contribution in [-0.4, -0.2) is 70.0 Å². The van der Waals surface area contributed by atoms with Gasteiger partial charge in [-0.25, -0.2) is 0 Å². The smallest absolute Gasteiger partial charge is 0.306 e. The van der Waals surface area contributed by atoms with Gasteiger partial charge >= 0.3 is 11.9 Å². The molecule has 0 radical (unpaired) electrons. The molecule has 6 atom stereocenters. The Hall–Kier alpha value is -1.48. The molecular weight excluding hydrogens is 608 g/mol. The molecule has 0 aromatic carbocycles. The van der Waals surface area contributed by atoms with Crippen molar-refractivity contribution in [2.24, 2.45) is 11.8 Å². The Labute approximate surface area is 293 Å².